The Labute approximate surface area is 266 Å². The van der Waals surface area contributed by atoms with E-state index in [9.17, 15) is 32.7 Å². The first-order chi connectivity index (χ1) is 21.8. The predicted molar refractivity (Wildman–Crippen MR) is 168 cm³/mol. The number of amides is 4. The maximum absolute atomic E-state index is 13.8. The van der Waals surface area contributed by atoms with E-state index in [-0.39, 0.29) is 53.3 Å². The number of anilines is 2. The second kappa shape index (κ2) is 13.3. The first-order valence-electron chi connectivity index (χ1n) is 14.4. The molecule has 2 heterocycles. The van der Waals surface area contributed by atoms with E-state index in [1.807, 2.05) is 25.1 Å². The Bertz CT molecular complexity index is 1710. The topological polar surface area (TPSA) is 124 Å². The summed E-state index contributed by atoms with van der Waals surface area (Å²) in [6.07, 6.45) is -5.21. The zero-order valence-electron chi connectivity index (χ0n) is 25.2. The highest BCUT2D eigenvalue weighted by Crippen LogP contribution is 2.36. The number of hydrogen-bond acceptors (Lipinski definition) is 7. The number of aliphatic hydroxyl groups excluding tert-OH is 1. The summed E-state index contributed by atoms with van der Waals surface area (Å²) < 4.78 is 46.1. The SMILES string of the molecule is C[C@H]1CN([C@@H](C)CO)C(=O)c2cccc(NC(=O)c3nc4ccccc4s3)c2O[C@@H]1CN(C)C(=O)Nc1ccc(C(F)(F)F)cc1. The molecule has 3 aromatic carbocycles. The van der Waals surface area contributed by atoms with Crippen LogP contribution >= 0.6 is 11.3 Å². The number of alkyl halides is 3. The Morgan fingerprint density at radius 3 is 2.50 bits per heavy atom. The molecule has 0 radical (unpaired) electrons. The number of thiazole rings is 1. The van der Waals surface area contributed by atoms with E-state index in [1.165, 1.54) is 40.3 Å². The van der Waals surface area contributed by atoms with Crippen LogP contribution in [0.25, 0.3) is 10.2 Å². The van der Waals surface area contributed by atoms with E-state index in [0.717, 1.165) is 16.8 Å². The minimum absolute atomic E-state index is 0.0166. The highest BCUT2D eigenvalue weighted by Gasteiger charge is 2.35. The molecule has 10 nitrogen and oxygen atoms in total. The Morgan fingerprint density at radius 2 is 1.83 bits per heavy atom. The van der Waals surface area contributed by atoms with Crippen LogP contribution in [-0.2, 0) is 6.18 Å². The second-order valence-electron chi connectivity index (χ2n) is 11.1. The van der Waals surface area contributed by atoms with Gasteiger partial charge in [-0.3, -0.25) is 9.59 Å². The van der Waals surface area contributed by atoms with Gasteiger partial charge in [0.2, 0.25) is 0 Å². The molecular formula is C32H32F3N5O5S. The van der Waals surface area contributed by atoms with Gasteiger partial charge in [0.05, 0.1) is 46.2 Å². The molecule has 0 bridgehead atoms. The lowest BCUT2D eigenvalue weighted by Crippen LogP contribution is -2.50. The summed E-state index contributed by atoms with van der Waals surface area (Å²) in [5.41, 5.74) is 0.401. The summed E-state index contributed by atoms with van der Waals surface area (Å²) in [4.78, 5) is 47.4. The quantitative estimate of drug-likeness (QED) is 0.226. The third-order valence-corrected chi connectivity index (χ3v) is 8.73. The van der Waals surface area contributed by atoms with Crippen molar-refractivity contribution in [1.29, 1.82) is 0 Å². The Hall–Kier alpha value is -4.69. The molecule has 0 fully saturated rings. The summed E-state index contributed by atoms with van der Waals surface area (Å²) in [5.74, 6) is -1.15. The average Bonchev–Trinajstić information content (AvgIpc) is 3.47. The van der Waals surface area contributed by atoms with Crippen LogP contribution in [0.1, 0.15) is 39.6 Å². The molecule has 0 saturated heterocycles. The number of hydrogen-bond donors (Lipinski definition) is 3. The minimum Gasteiger partial charge on any atom is -0.485 e. The Kier molecular flexibility index (Phi) is 9.49. The normalized spacial score (nSPS) is 17.4. The van der Waals surface area contributed by atoms with Gasteiger partial charge in [-0.25, -0.2) is 9.78 Å². The number of fused-ring (bicyclic) bond motifs is 2. The summed E-state index contributed by atoms with van der Waals surface area (Å²) in [6, 6.07) is 15.1. The number of benzene rings is 3. The van der Waals surface area contributed by atoms with Crippen LogP contribution < -0.4 is 15.4 Å². The zero-order chi connectivity index (χ0) is 33.2. The fourth-order valence-corrected chi connectivity index (χ4v) is 5.88. The Morgan fingerprint density at radius 1 is 1.11 bits per heavy atom. The van der Waals surface area contributed by atoms with Crippen molar-refractivity contribution in [1.82, 2.24) is 14.8 Å². The molecule has 242 valence electrons. The molecule has 14 heteroatoms. The number of aromatic nitrogens is 1. The van der Waals surface area contributed by atoms with Gasteiger partial charge in [0, 0.05) is 25.2 Å². The third-order valence-electron chi connectivity index (χ3n) is 7.69. The van der Waals surface area contributed by atoms with Crippen molar-refractivity contribution in [2.45, 2.75) is 32.2 Å². The van der Waals surface area contributed by atoms with Crippen molar-refractivity contribution in [2.75, 3.05) is 37.4 Å². The average molecular weight is 656 g/mol. The van der Waals surface area contributed by atoms with Crippen LogP contribution in [0.4, 0.5) is 29.3 Å². The summed E-state index contributed by atoms with van der Waals surface area (Å²) >= 11 is 1.22. The van der Waals surface area contributed by atoms with Gasteiger partial charge < -0.3 is 30.3 Å². The van der Waals surface area contributed by atoms with E-state index in [1.54, 1.807) is 31.2 Å². The second-order valence-corrected chi connectivity index (χ2v) is 12.2. The summed E-state index contributed by atoms with van der Waals surface area (Å²) in [7, 11) is 1.51. The van der Waals surface area contributed by atoms with Gasteiger partial charge in [0.25, 0.3) is 11.8 Å². The van der Waals surface area contributed by atoms with Crippen LogP contribution in [-0.4, -0.2) is 76.6 Å². The van der Waals surface area contributed by atoms with Gasteiger partial charge >= 0.3 is 12.2 Å². The van der Waals surface area contributed by atoms with Crippen molar-refractivity contribution in [3.8, 4) is 5.75 Å². The van der Waals surface area contributed by atoms with Gasteiger partial charge in [-0.1, -0.05) is 25.1 Å². The van der Waals surface area contributed by atoms with Gasteiger partial charge in [0.15, 0.2) is 10.8 Å². The van der Waals surface area contributed by atoms with E-state index in [2.05, 4.69) is 15.6 Å². The molecule has 3 atom stereocenters. The largest absolute Gasteiger partial charge is 0.485 e. The first-order valence-corrected chi connectivity index (χ1v) is 15.2. The minimum atomic E-state index is -4.50. The lowest BCUT2D eigenvalue weighted by molar-refractivity contribution is -0.137. The molecule has 4 amide bonds. The molecule has 46 heavy (non-hydrogen) atoms. The highest BCUT2D eigenvalue weighted by atomic mass is 32.1. The van der Waals surface area contributed by atoms with Crippen molar-refractivity contribution in [3.63, 3.8) is 0 Å². The van der Waals surface area contributed by atoms with Crippen LogP contribution in [0.3, 0.4) is 0 Å². The van der Waals surface area contributed by atoms with Gasteiger partial charge in [-0.15, -0.1) is 11.3 Å². The molecule has 3 N–H and O–H groups in total. The fourth-order valence-electron chi connectivity index (χ4n) is 5.02. The molecule has 1 aliphatic heterocycles. The Balaban J connectivity index is 1.41. The van der Waals surface area contributed by atoms with E-state index < -0.39 is 41.7 Å². The number of rotatable bonds is 7. The molecule has 0 saturated carbocycles. The molecule has 5 rings (SSSR count). The van der Waals surface area contributed by atoms with Crippen molar-refractivity contribution in [2.24, 2.45) is 5.92 Å². The van der Waals surface area contributed by atoms with Crippen molar-refractivity contribution < 1.29 is 37.4 Å². The van der Waals surface area contributed by atoms with Crippen LogP contribution in [0, 0.1) is 5.92 Å². The number of halogens is 3. The van der Waals surface area contributed by atoms with Crippen LogP contribution in [0.15, 0.2) is 66.7 Å². The molecule has 0 aliphatic carbocycles. The van der Waals surface area contributed by atoms with Gasteiger partial charge in [0.1, 0.15) is 6.10 Å². The smallest absolute Gasteiger partial charge is 0.416 e. The lowest BCUT2D eigenvalue weighted by Gasteiger charge is -2.38. The van der Waals surface area contributed by atoms with Gasteiger partial charge in [-0.05, 0) is 55.5 Å². The number of nitrogens with zero attached hydrogens (tertiary/aromatic N) is 3. The molecule has 0 unspecified atom stereocenters. The number of urea groups is 1. The van der Waals surface area contributed by atoms with E-state index in [0.29, 0.717) is 5.52 Å². The summed E-state index contributed by atoms with van der Waals surface area (Å²) in [5, 5.41) is 15.6. The number of carbonyl (C=O) groups excluding carboxylic acids is 3. The highest BCUT2D eigenvalue weighted by molar-refractivity contribution is 7.20. The van der Waals surface area contributed by atoms with Gasteiger partial charge in [-0.2, -0.15) is 13.2 Å². The fraction of sp³-hybridized carbons (Fsp3) is 0.312. The standard InChI is InChI=1S/C32H32F3N5O5S/c1-18-15-40(19(2)17-41)30(43)22-7-6-9-24(37-28(42)29-38-23-8-4-5-10-26(23)46-29)27(22)45-25(18)16-39(3)31(44)36-21-13-11-20(12-14-21)32(33,34)35/h4-14,18-19,25,41H,15-17H2,1-3H3,(H,36,44)(H,37,42)/t18-,19-,25+/m0/s1. The summed E-state index contributed by atoms with van der Waals surface area (Å²) in [6.45, 7) is 3.47. The maximum Gasteiger partial charge on any atom is 0.416 e. The lowest BCUT2D eigenvalue weighted by atomic mass is 9.99. The number of aliphatic hydroxyl groups is 1. The number of likely N-dealkylation sites (N-methyl/N-ethyl adjacent to an activating group) is 1. The van der Waals surface area contributed by atoms with Crippen molar-refractivity contribution >= 4 is 50.8 Å². The predicted octanol–water partition coefficient (Wildman–Crippen LogP) is 5.95. The number of ether oxygens (including phenoxy) is 1. The third kappa shape index (κ3) is 7.07. The van der Waals surface area contributed by atoms with Crippen molar-refractivity contribution in [3.05, 3.63) is 82.9 Å². The molecule has 4 aromatic rings. The molecule has 0 spiro atoms. The van der Waals surface area contributed by atoms with E-state index in [4.69, 9.17) is 4.74 Å². The first kappa shape index (κ1) is 32.7. The van der Waals surface area contributed by atoms with Crippen LogP contribution in [0.2, 0.25) is 0 Å². The molecule has 1 aromatic heterocycles. The van der Waals surface area contributed by atoms with Crippen LogP contribution in [0.5, 0.6) is 5.75 Å². The molecule has 1 aliphatic rings. The number of para-hydroxylation sites is 2. The van der Waals surface area contributed by atoms with E-state index >= 15 is 0 Å². The zero-order valence-corrected chi connectivity index (χ0v) is 26.0. The maximum atomic E-state index is 13.8. The molecular weight excluding hydrogens is 623 g/mol. The monoisotopic (exact) mass is 655 g/mol. The number of nitrogens with one attached hydrogen (secondary N) is 2. The number of carbonyl (C=O) groups is 3.